The van der Waals surface area contributed by atoms with Crippen LogP contribution in [0.4, 0.5) is 0 Å². The van der Waals surface area contributed by atoms with Crippen molar-refractivity contribution in [1.29, 1.82) is 0 Å². The van der Waals surface area contributed by atoms with Gasteiger partial charge in [0.1, 0.15) is 0 Å². The number of hydrogen-bond acceptors (Lipinski definition) is 2. The molecule has 14 heavy (non-hydrogen) atoms. The summed E-state index contributed by atoms with van der Waals surface area (Å²) >= 11 is 0. The molecule has 1 fully saturated rings. The molecule has 0 aliphatic carbocycles. The maximum atomic E-state index is 11.6. The number of piperidine rings is 1. The topological polar surface area (TPSA) is 32.3 Å². The van der Waals surface area contributed by atoms with Crippen LogP contribution in [-0.2, 0) is 4.79 Å². The van der Waals surface area contributed by atoms with Gasteiger partial charge in [-0.25, -0.2) is 0 Å². The third-order valence-corrected chi connectivity index (χ3v) is 2.80. The van der Waals surface area contributed by atoms with Crippen LogP contribution in [0, 0.1) is 11.8 Å². The second-order valence-corrected chi connectivity index (χ2v) is 4.59. The molecule has 1 N–H and O–H groups in total. The van der Waals surface area contributed by atoms with Crippen LogP contribution in [-0.4, -0.2) is 37.5 Å². The van der Waals surface area contributed by atoms with E-state index in [1.165, 1.54) is 12.8 Å². The summed E-state index contributed by atoms with van der Waals surface area (Å²) in [5.41, 5.74) is 0. The Bertz CT molecular complexity index is 186. The average Bonchev–Trinajstić information content (AvgIpc) is 2.18. The van der Waals surface area contributed by atoms with Crippen molar-refractivity contribution in [2.24, 2.45) is 11.8 Å². The molecular formula is C11H22N2O. The first-order chi connectivity index (χ1) is 6.61. The highest BCUT2D eigenvalue weighted by Crippen LogP contribution is 2.12. The van der Waals surface area contributed by atoms with Crippen molar-refractivity contribution in [2.45, 2.75) is 26.7 Å². The van der Waals surface area contributed by atoms with Gasteiger partial charge < -0.3 is 10.2 Å². The fourth-order valence-electron chi connectivity index (χ4n) is 2.00. The smallest absolute Gasteiger partial charge is 0.224 e. The van der Waals surface area contributed by atoms with Crippen LogP contribution < -0.4 is 5.32 Å². The Morgan fingerprint density at radius 3 is 2.79 bits per heavy atom. The number of carbonyl (C=O) groups excluding carboxylic acids is 1. The highest BCUT2D eigenvalue weighted by molar-refractivity contribution is 5.77. The van der Waals surface area contributed by atoms with Gasteiger partial charge in [-0.1, -0.05) is 13.8 Å². The van der Waals surface area contributed by atoms with Crippen molar-refractivity contribution in [2.75, 3.05) is 26.7 Å². The van der Waals surface area contributed by atoms with Gasteiger partial charge in [0, 0.05) is 19.5 Å². The molecule has 1 aliphatic rings. The van der Waals surface area contributed by atoms with E-state index in [9.17, 15) is 4.79 Å². The number of amides is 1. The summed E-state index contributed by atoms with van der Waals surface area (Å²) in [5.74, 6) is 1.03. The van der Waals surface area contributed by atoms with Gasteiger partial charge in [0.25, 0.3) is 0 Å². The highest BCUT2D eigenvalue weighted by atomic mass is 16.2. The number of carbonyl (C=O) groups is 1. The minimum Gasteiger partial charge on any atom is -0.345 e. The lowest BCUT2D eigenvalue weighted by Gasteiger charge is -2.28. The Labute approximate surface area is 86.9 Å². The molecule has 1 rings (SSSR count). The zero-order chi connectivity index (χ0) is 10.6. The summed E-state index contributed by atoms with van der Waals surface area (Å²) in [6, 6.07) is 0. The van der Waals surface area contributed by atoms with Gasteiger partial charge in [-0.3, -0.25) is 4.79 Å². The van der Waals surface area contributed by atoms with Gasteiger partial charge >= 0.3 is 0 Å². The molecule has 0 spiro atoms. The zero-order valence-corrected chi connectivity index (χ0v) is 9.55. The van der Waals surface area contributed by atoms with Crippen LogP contribution in [0.15, 0.2) is 0 Å². The summed E-state index contributed by atoms with van der Waals surface area (Å²) in [6.45, 7) is 7.02. The Kier molecular flexibility index (Phi) is 4.39. The highest BCUT2D eigenvalue weighted by Gasteiger charge is 2.19. The lowest BCUT2D eigenvalue weighted by Crippen LogP contribution is -2.40. The maximum Gasteiger partial charge on any atom is 0.224 e. The average molecular weight is 198 g/mol. The summed E-state index contributed by atoms with van der Waals surface area (Å²) in [5, 5.41) is 3.37. The molecule has 3 nitrogen and oxygen atoms in total. The van der Waals surface area contributed by atoms with E-state index in [1.807, 2.05) is 25.8 Å². The Morgan fingerprint density at radius 1 is 1.57 bits per heavy atom. The van der Waals surface area contributed by atoms with Gasteiger partial charge in [-0.15, -0.1) is 0 Å². The summed E-state index contributed by atoms with van der Waals surface area (Å²) in [4.78, 5) is 13.5. The molecule has 1 heterocycles. The van der Waals surface area contributed by atoms with Crippen molar-refractivity contribution in [3.05, 3.63) is 0 Å². The quantitative estimate of drug-likeness (QED) is 0.736. The number of hydrogen-bond donors (Lipinski definition) is 1. The minimum absolute atomic E-state index is 0.122. The molecule has 3 heteroatoms. The Hall–Kier alpha value is -0.570. The SMILES string of the molecule is CC(C)C(=O)N(C)CC1CCCNC1. The van der Waals surface area contributed by atoms with E-state index >= 15 is 0 Å². The third-order valence-electron chi connectivity index (χ3n) is 2.80. The van der Waals surface area contributed by atoms with Crippen LogP contribution in [0.3, 0.4) is 0 Å². The summed E-state index contributed by atoms with van der Waals surface area (Å²) in [6.07, 6.45) is 2.50. The Morgan fingerprint density at radius 2 is 2.29 bits per heavy atom. The van der Waals surface area contributed by atoms with Gasteiger partial charge in [0.2, 0.25) is 5.91 Å². The standard InChI is InChI=1S/C11H22N2O/c1-9(2)11(14)13(3)8-10-5-4-6-12-7-10/h9-10,12H,4-8H2,1-3H3. The largest absolute Gasteiger partial charge is 0.345 e. The molecule has 0 bridgehead atoms. The van der Waals surface area contributed by atoms with Gasteiger partial charge in [0.15, 0.2) is 0 Å². The van der Waals surface area contributed by atoms with Gasteiger partial charge in [-0.2, -0.15) is 0 Å². The Balaban J connectivity index is 2.31. The van der Waals surface area contributed by atoms with Crippen LogP contribution in [0.5, 0.6) is 0 Å². The second-order valence-electron chi connectivity index (χ2n) is 4.59. The first-order valence-corrected chi connectivity index (χ1v) is 5.57. The molecule has 1 unspecified atom stereocenters. The molecule has 0 aromatic carbocycles. The van der Waals surface area contributed by atoms with Crippen molar-refractivity contribution in [1.82, 2.24) is 10.2 Å². The van der Waals surface area contributed by atoms with E-state index < -0.39 is 0 Å². The number of nitrogens with one attached hydrogen (secondary N) is 1. The monoisotopic (exact) mass is 198 g/mol. The van der Waals surface area contributed by atoms with Crippen LogP contribution in [0.1, 0.15) is 26.7 Å². The molecule has 1 atom stereocenters. The lowest BCUT2D eigenvalue weighted by atomic mass is 9.99. The van der Waals surface area contributed by atoms with Gasteiger partial charge in [-0.05, 0) is 31.8 Å². The van der Waals surface area contributed by atoms with Crippen LogP contribution in [0.25, 0.3) is 0 Å². The van der Waals surface area contributed by atoms with E-state index in [2.05, 4.69) is 5.32 Å². The zero-order valence-electron chi connectivity index (χ0n) is 9.55. The number of nitrogens with zero attached hydrogens (tertiary/aromatic N) is 1. The molecule has 0 saturated carbocycles. The molecule has 1 amide bonds. The fourth-order valence-corrected chi connectivity index (χ4v) is 2.00. The van der Waals surface area contributed by atoms with Crippen LogP contribution >= 0.6 is 0 Å². The second kappa shape index (κ2) is 5.35. The molecule has 0 radical (unpaired) electrons. The van der Waals surface area contributed by atoms with Crippen molar-refractivity contribution < 1.29 is 4.79 Å². The number of rotatable bonds is 3. The molecule has 0 aromatic rings. The van der Waals surface area contributed by atoms with E-state index in [0.717, 1.165) is 19.6 Å². The van der Waals surface area contributed by atoms with E-state index in [1.54, 1.807) is 0 Å². The third kappa shape index (κ3) is 3.29. The van der Waals surface area contributed by atoms with Gasteiger partial charge in [0.05, 0.1) is 0 Å². The predicted octanol–water partition coefficient (Wildman–Crippen LogP) is 1.10. The van der Waals surface area contributed by atoms with E-state index in [4.69, 9.17) is 0 Å². The molecular weight excluding hydrogens is 176 g/mol. The van der Waals surface area contributed by atoms with Crippen LogP contribution in [0.2, 0.25) is 0 Å². The fraction of sp³-hybridized carbons (Fsp3) is 0.909. The van der Waals surface area contributed by atoms with E-state index in [-0.39, 0.29) is 11.8 Å². The maximum absolute atomic E-state index is 11.6. The minimum atomic E-state index is 0.122. The molecule has 82 valence electrons. The molecule has 0 aromatic heterocycles. The first kappa shape index (κ1) is 11.5. The summed E-state index contributed by atoms with van der Waals surface area (Å²) < 4.78 is 0. The molecule has 1 aliphatic heterocycles. The summed E-state index contributed by atoms with van der Waals surface area (Å²) in [7, 11) is 1.91. The van der Waals surface area contributed by atoms with Crippen molar-refractivity contribution >= 4 is 5.91 Å². The normalized spacial score (nSPS) is 22.4. The van der Waals surface area contributed by atoms with Crippen molar-refractivity contribution in [3.63, 3.8) is 0 Å². The molecule has 1 saturated heterocycles. The first-order valence-electron chi connectivity index (χ1n) is 5.57. The lowest BCUT2D eigenvalue weighted by molar-refractivity contribution is -0.133. The van der Waals surface area contributed by atoms with E-state index in [0.29, 0.717) is 5.92 Å². The predicted molar refractivity (Wildman–Crippen MR) is 58.1 cm³/mol. The van der Waals surface area contributed by atoms with Crippen molar-refractivity contribution in [3.8, 4) is 0 Å².